The van der Waals surface area contributed by atoms with E-state index in [-0.39, 0.29) is 59.4 Å². The Morgan fingerprint density at radius 3 is 0.849 bits per heavy atom. The minimum Gasteiger partial charge on any atom is -0.0919 e. The molecule has 0 saturated heterocycles. The van der Waals surface area contributed by atoms with Crippen LogP contribution in [0.25, 0.3) is 0 Å². The molecule has 73 heavy (non-hydrogen) atoms. The Kier molecular flexibility index (Phi) is 113. The first-order chi connectivity index (χ1) is 30.9. The first-order valence-corrected chi connectivity index (χ1v) is 29.1. The highest BCUT2D eigenvalue weighted by atomic mass is 14.5. The molecule has 0 heteroatoms. The quantitative estimate of drug-likeness (QED) is 0.153. The standard InChI is InChI=1S/C12H26.C9H16.C8H16.C8H14.C8H10.C5H12.2C4H10.C4H8.C3H8.8CH4/c1-3-5-7-9-11-12-10-8-6-4-2;1-6-7(2)9-4-3-8(6)5-9;3*1-7-5-3-4-6-8(7)2;1-4-5(2)3;1-4(2)3;2*1-3-4-2;1-3-2;;;;;;;;/h3-12H2,1-2H3;6-9H,3-5H2,1-2H3;7-8H,3-6H2,1-2H3;3-4,7-8H,5-6H2,1-2H3;3-6H,1-2H3;5H,4H2,1-3H3;4H,1-3H3;3-4H2,1-2H3;3-4H,1-2H3;3H2,1-2H3;8*1H4. The molecule has 0 aromatic heterocycles. The van der Waals surface area contributed by atoms with Crippen LogP contribution in [0.5, 0.6) is 0 Å². The van der Waals surface area contributed by atoms with E-state index in [9.17, 15) is 0 Å². The molecule has 0 N–H and O–H groups in total. The zero-order valence-corrected chi connectivity index (χ0v) is 49.7. The topological polar surface area (TPSA) is 0 Å². The van der Waals surface area contributed by atoms with Crippen LogP contribution in [-0.4, -0.2) is 0 Å². The molecule has 0 heterocycles. The minimum absolute atomic E-state index is 0. The van der Waals surface area contributed by atoms with Gasteiger partial charge in [-0.15, -0.1) is 0 Å². The van der Waals surface area contributed by atoms with E-state index in [1.165, 1.54) is 152 Å². The Balaban J connectivity index is -0.0000000504. The lowest BCUT2D eigenvalue weighted by atomic mass is 9.82. The minimum atomic E-state index is 0. The second-order valence-corrected chi connectivity index (χ2v) is 22.0. The Morgan fingerprint density at radius 1 is 0.438 bits per heavy atom. The molecule has 0 spiro atoms. The number of unbranched alkanes of at least 4 members (excludes halogenated alkanes) is 10. The molecule has 1 aromatic carbocycles. The summed E-state index contributed by atoms with van der Waals surface area (Å²) in [5, 5.41) is 0. The summed E-state index contributed by atoms with van der Waals surface area (Å²) in [6.45, 7) is 48.8. The molecule has 3 saturated carbocycles. The molecule has 0 amide bonds. The summed E-state index contributed by atoms with van der Waals surface area (Å²) in [6.07, 6.45) is 41.4. The number of hydrogen-bond donors (Lipinski definition) is 0. The van der Waals surface area contributed by atoms with Gasteiger partial charge in [-0.2, -0.15) is 0 Å². The summed E-state index contributed by atoms with van der Waals surface area (Å²) in [7, 11) is 0. The average molecular weight is 1040 g/mol. The van der Waals surface area contributed by atoms with Crippen LogP contribution in [0.1, 0.15) is 357 Å². The summed E-state index contributed by atoms with van der Waals surface area (Å²) in [5.41, 5.74) is 2.74. The molecule has 1 aromatic rings. The Morgan fingerprint density at radius 2 is 0.699 bits per heavy atom. The molecule has 0 nitrogen and oxygen atoms in total. The lowest BCUT2D eigenvalue weighted by molar-refractivity contribution is 0.259. The van der Waals surface area contributed by atoms with Gasteiger partial charge in [0.1, 0.15) is 0 Å². The number of allylic oxidation sites excluding steroid dienone is 4. The van der Waals surface area contributed by atoms with Crippen molar-refractivity contribution in [1.29, 1.82) is 0 Å². The summed E-state index contributed by atoms with van der Waals surface area (Å²) in [5.74, 6) is 9.88. The first kappa shape index (κ1) is 104. The van der Waals surface area contributed by atoms with E-state index in [0.717, 1.165) is 59.2 Å². The Hall–Kier alpha value is -1.30. The van der Waals surface area contributed by atoms with Crippen molar-refractivity contribution in [3.63, 3.8) is 0 Å². The van der Waals surface area contributed by atoms with Crippen LogP contribution in [0.15, 0.2) is 48.6 Å². The lowest BCUT2D eigenvalue weighted by Crippen LogP contribution is -2.15. The number of hydrogen-bond acceptors (Lipinski definition) is 0. The van der Waals surface area contributed by atoms with Gasteiger partial charge >= 0.3 is 0 Å². The van der Waals surface area contributed by atoms with Crippen molar-refractivity contribution in [2.45, 2.75) is 359 Å². The average Bonchev–Trinajstić information content (AvgIpc) is 3.88. The maximum atomic E-state index is 2.44. The SMILES string of the molecule is C.C.C.C.C.C.C.C.CC(C)C.CC1C2CCC(C2)C1C.CC1CC=CCC1C.CC1CCCCC1C.CC=CC.CCC.CCC(C)C.CCCC.CCCCCCCCCCCC.Cc1ccccc1C. The summed E-state index contributed by atoms with van der Waals surface area (Å²) >= 11 is 0. The third-order valence-corrected chi connectivity index (χ3v) is 14.1. The van der Waals surface area contributed by atoms with Crippen LogP contribution in [0.3, 0.4) is 0 Å². The Labute approximate surface area is 476 Å². The number of fused-ring (bicyclic) bond motifs is 2. The highest BCUT2D eigenvalue weighted by Crippen LogP contribution is 2.51. The van der Waals surface area contributed by atoms with Crippen molar-refractivity contribution in [2.75, 3.05) is 0 Å². The molecule has 0 radical (unpaired) electrons. The predicted octanol–water partition coefficient (Wildman–Crippen LogP) is 29.0. The molecule has 5 rings (SSSR count). The molecule has 4 aliphatic carbocycles. The van der Waals surface area contributed by atoms with Crippen molar-refractivity contribution in [3.8, 4) is 0 Å². The van der Waals surface area contributed by atoms with Gasteiger partial charge in [0.2, 0.25) is 0 Å². The van der Waals surface area contributed by atoms with E-state index in [1.54, 1.807) is 6.42 Å². The fourth-order valence-electron chi connectivity index (χ4n) is 7.68. The monoisotopic (exact) mass is 1040 g/mol. The first-order valence-electron chi connectivity index (χ1n) is 29.1. The third kappa shape index (κ3) is 77.3. The van der Waals surface area contributed by atoms with Gasteiger partial charge in [-0.3, -0.25) is 0 Å². The molecule has 2 bridgehead atoms. The molecule has 8 atom stereocenters. The van der Waals surface area contributed by atoms with Crippen LogP contribution in [0, 0.1) is 73.0 Å². The highest BCUT2D eigenvalue weighted by Gasteiger charge is 2.42. The smallest absolute Gasteiger partial charge is 0.0322 e. The second kappa shape index (κ2) is 79.6. The highest BCUT2D eigenvalue weighted by molar-refractivity contribution is 5.23. The van der Waals surface area contributed by atoms with Gasteiger partial charge in [-0.05, 0) is 130 Å². The van der Waals surface area contributed by atoms with Crippen LogP contribution in [0.2, 0.25) is 0 Å². The molecule has 4 aliphatic rings. The van der Waals surface area contributed by atoms with Crippen molar-refractivity contribution in [2.24, 2.45) is 59.2 Å². The predicted molar refractivity (Wildman–Crippen MR) is 363 cm³/mol. The summed E-state index contributed by atoms with van der Waals surface area (Å²) in [4.78, 5) is 0. The van der Waals surface area contributed by atoms with Gasteiger partial charge < -0.3 is 0 Å². The van der Waals surface area contributed by atoms with E-state index in [1.807, 2.05) is 26.0 Å². The van der Waals surface area contributed by atoms with Crippen molar-refractivity contribution < 1.29 is 0 Å². The zero-order chi connectivity index (χ0) is 50.8. The van der Waals surface area contributed by atoms with Crippen molar-refractivity contribution >= 4 is 0 Å². The molecule has 8 unspecified atom stereocenters. The van der Waals surface area contributed by atoms with E-state index < -0.39 is 0 Å². The van der Waals surface area contributed by atoms with Gasteiger partial charge in [-0.1, -0.05) is 348 Å². The fourth-order valence-corrected chi connectivity index (χ4v) is 7.68. The maximum Gasteiger partial charge on any atom is -0.0322 e. The van der Waals surface area contributed by atoms with Crippen LogP contribution >= 0.6 is 0 Å². The number of aryl methyl sites for hydroxylation is 2. The normalized spacial score (nSPS) is 20.5. The zero-order valence-electron chi connectivity index (χ0n) is 49.7. The molecule has 454 valence electrons. The molecule has 3 fully saturated rings. The van der Waals surface area contributed by atoms with Gasteiger partial charge in [-0.25, -0.2) is 0 Å². The van der Waals surface area contributed by atoms with E-state index in [2.05, 4.69) is 175 Å². The number of rotatable bonds is 11. The third-order valence-electron chi connectivity index (χ3n) is 14.1. The van der Waals surface area contributed by atoms with Crippen LogP contribution in [0.4, 0.5) is 0 Å². The second-order valence-electron chi connectivity index (χ2n) is 22.0. The summed E-state index contributed by atoms with van der Waals surface area (Å²) < 4.78 is 0. The van der Waals surface area contributed by atoms with Crippen LogP contribution < -0.4 is 0 Å². The molecular formula is C73H162. The lowest BCUT2D eigenvalue weighted by Gasteiger charge is -2.24. The van der Waals surface area contributed by atoms with E-state index in [0.29, 0.717) is 0 Å². The fraction of sp³-hybridized carbons (Fsp3) is 0.863. The number of benzene rings is 1. The van der Waals surface area contributed by atoms with Gasteiger partial charge in [0.25, 0.3) is 0 Å². The van der Waals surface area contributed by atoms with Crippen molar-refractivity contribution in [1.82, 2.24) is 0 Å². The van der Waals surface area contributed by atoms with E-state index in [4.69, 9.17) is 0 Å². The van der Waals surface area contributed by atoms with E-state index >= 15 is 0 Å². The van der Waals surface area contributed by atoms with Gasteiger partial charge in [0.15, 0.2) is 0 Å². The largest absolute Gasteiger partial charge is 0.0919 e. The molecular weight excluding hydrogens is 877 g/mol. The van der Waals surface area contributed by atoms with Crippen LogP contribution in [-0.2, 0) is 0 Å². The van der Waals surface area contributed by atoms with Gasteiger partial charge in [0, 0.05) is 0 Å². The maximum absolute atomic E-state index is 2.44. The molecule has 0 aliphatic heterocycles. The Bertz CT molecular complexity index is 978. The van der Waals surface area contributed by atoms with Crippen molar-refractivity contribution in [3.05, 3.63) is 59.7 Å². The van der Waals surface area contributed by atoms with Gasteiger partial charge in [0.05, 0.1) is 0 Å². The summed E-state index contributed by atoms with van der Waals surface area (Å²) in [6, 6.07) is 8.36.